The molecule has 0 bridgehead atoms. The van der Waals surface area contributed by atoms with E-state index in [1.807, 2.05) is 0 Å². The molecule has 4 saturated carbocycles. The van der Waals surface area contributed by atoms with E-state index in [0.29, 0.717) is 23.7 Å². The Morgan fingerprint density at radius 3 is 2.33 bits per heavy atom. The van der Waals surface area contributed by atoms with E-state index < -0.39 is 5.60 Å². The third kappa shape index (κ3) is 4.00. The number of benzene rings is 1. The van der Waals surface area contributed by atoms with E-state index in [2.05, 4.69) is 51.1 Å². The molecule has 10 atom stereocenters. The van der Waals surface area contributed by atoms with Crippen LogP contribution in [-0.2, 0) is 6.42 Å². The molecule has 0 spiro atoms. The van der Waals surface area contributed by atoms with Crippen LogP contribution in [0.25, 0.3) is 0 Å². The molecule has 184 valence electrons. The number of aryl methyl sites for hydroxylation is 1. The molecule has 0 aromatic heterocycles. The monoisotopic (exact) mass is 454 g/mol. The maximum Gasteiger partial charge on any atom is 0.0653 e. The molecular weight excluding hydrogens is 408 g/mol. The first kappa shape index (κ1) is 23.8. The summed E-state index contributed by atoms with van der Waals surface area (Å²) in [6.07, 6.45) is 10.8. The zero-order chi connectivity index (χ0) is 23.4. The smallest absolute Gasteiger partial charge is 0.0653 e. The fourth-order valence-corrected chi connectivity index (χ4v) is 9.77. The second-order valence-electron chi connectivity index (χ2n) is 13.1. The highest BCUT2D eigenvalue weighted by atomic mass is 16.3. The molecular formula is C30H46O3. The lowest BCUT2D eigenvalue weighted by Gasteiger charge is -2.62. The molecule has 4 fully saturated rings. The second kappa shape index (κ2) is 8.64. The van der Waals surface area contributed by atoms with Crippen LogP contribution in [0.5, 0.6) is 0 Å². The molecule has 0 unspecified atom stereocenters. The summed E-state index contributed by atoms with van der Waals surface area (Å²) >= 11 is 0. The average molecular weight is 455 g/mol. The van der Waals surface area contributed by atoms with Gasteiger partial charge in [-0.05, 0) is 124 Å². The largest absolute Gasteiger partial charge is 0.393 e. The Morgan fingerprint density at radius 2 is 1.58 bits per heavy atom. The van der Waals surface area contributed by atoms with Crippen molar-refractivity contribution in [2.24, 2.45) is 40.4 Å². The third-order valence-electron chi connectivity index (χ3n) is 11.4. The first-order valence-electron chi connectivity index (χ1n) is 13.8. The Kier molecular flexibility index (Phi) is 6.24. The zero-order valence-corrected chi connectivity index (χ0v) is 21.0. The maximum absolute atomic E-state index is 11.7. The Balaban J connectivity index is 1.30. The molecule has 1 aromatic rings. The summed E-state index contributed by atoms with van der Waals surface area (Å²) in [7, 11) is 0. The fraction of sp³-hybridized carbons (Fsp3) is 0.800. The van der Waals surface area contributed by atoms with Crippen LogP contribution in [-0.4, -0.2) is 33.1 Å². The van der Waals surface area contributed by atoms with Crippen LogP contribution in [0.2, 0.25) is 0 Å². The van der Waals surface area contributed by atoms with Crippen LogP contribution in [0.1, 0.15) is 90.5 Å². The zero-order valence-electron chi connectivity index (χ0n) is 21.0. The average Bonchev–Trinajstić information content (AvgIpc) is 3.14. The van der Waals surface area contributed by atoms with Gasteiger partial charge >= 0.3 is 0 Å². The highest BCUT2D eigenvalue weighted by Gasteiger charge is 2.63. The fourth-order valence-electron chi connectivity index (χ4n) is 9.77. The quantitative estimate of drug-likeness (QED) is 0.531. The van der Waals surface area contributed by atoms with Crippen LogP contribution in [0.15, 0.2) is 30.3 Å². The van der Waals surface area contributed by atoms with Gasteiger partial charge in [-0.1, -0.05) is 44.2 Å². The van der Waals surface area contributed by atoms with E-state index >= 15 is 0 Å². The summed E-state index contributed by atoms with van der Waals surface area (Å²) in [6, 6.07) is 10.6. The number of hydrogen-bond donors (Lipinski definition) is 3. The van der Waals surface area contributed by atoms with E-state index in [9.17, 15) is 15.3 Å². The van der Waals surface area contributed by atoms with E-state index in [1.54, 1.807) is 0 Å². The molecule has 5 rings (SSSR count). The number of aliphatic hydroxyl groups is 3. The van der Waals surface area contributed by atoms with Crippen LogP contribution < -0.4 is 0 Å². The summed E-state index contributed by atoms with van der Waals surface area (Å²) < 4.78 is 0. The van der Waals surface area contributed by atoms with Gasteiger partial charge in [0.05, 0.1) is 17.8 Å². The van der Waals surface area contributed by atoms with Gasteiger partial charge in [-0.25, -0.2) is 0 Å². The predicted octanol–water partition coefficient (Wildman–Crippen LogP) is 5.75. The highest BCUT2D eigenvalue weighted by Crippen LogP contribution is 2.68. The van der Waals surface area contributed by atoms with Gasteiger partial charge < -0.3 is 15.3 Å². The van der Waals surface area contributed by atoms with Gasteiger partial charge in [-0.2, -0.15) is 0 Å². The van der Waals surface area contributed by atoms with Crippen molar-refractivity contribution in [2.75, 3.05) is 0 Å². The van der Waals surface area contributed by atoms with Gasteiger partial charge in [0.1, 0.15) is 0 Å². The minimum absolute atomic E-state index is 0.166. The molecule has 1 aromatic carbocycles. The molecule has 3 heteroatoms. The molecule has 0 amide bonds. The van der Waals surface area contributed by atoms with Crippen molar-refractivity contribution < 1.29 is 15.3 Å². The van der Waals surface area contributed by atoms with Gasteiger partial charge in [0.25, 0.3) is 0 Å². The van der Waals surface area contributed by atoms with Crippen LogP contribution >= 0.6 is 0 Å². The lowest BCUT2D eigenvalue weighted by Crippen LogP contribution is -2.59. The van der Waals surface area contributed by atoms with E-state index in [4.69, 9.17) is 0 Å². The van der Waals surface area contributed by atoms with Crippen molar-refractivity contribution in [3.05, 3.63) is 35.9 Å². The Bertz CT molecular complexity index is 821. The number of rotatable bonds is 5. The van der Waals surface area contributed by atoms with Crippen LogP contribution in [0.3, 0.4) is 0 Å². The van der Waals surface area contributed by atoms with Crippen molar-refractivity contribution in [1.29, 1.82) is 0 Å². The molecule has 4 aliphatic rings. The molecule has 33 heavy (non-hydrogen) atoms. The van der Waals surface area contributed by atoms with Gasteiger partial charge in [0.2, 0.25) is 0 Å². The predicted molar refractivity (Wildman–Crippen MR) is 133 cm³/mol. The Morgan fingerprint density at radius 1 is 0.879 bits per heavy atom. The first-order valence-corrected chi connectivity index (χ1v) is 13.8. The molecule has 4 aliphatic carbocycles. The third-order valence-corrected chi connectivity index (χ3v) is 11.4. The second-order valence-corrected chi connectivity index (χ2v) is 13.1. The highest BCUT2D eigenvalue weighted by molar-refractivity contribution is 5.15. The van der Waals surface area contributed by atoms with Crippen LogP contribution in [0.4, 0.5) is 0 Å². The Labute approximate surface area is 201 Å². The lowest BCUT2D eigenvalue weighted by molar-refractivity contribution is -0.179. The van der Waals surface area contributed by atoms with Crippen LogP contribution in [0, 0.1) is 40.4 Å². The van der Waals surface area contributed by atoms with Crippen molar-refractivity contribution in [3.63, 3.8) is 0 Å². The maximum atomic E-state index is 11.7. The summed E-state index contributed by atoms with van der Waals surface area (Å²) in [5.74, 6) is 2.45. The molecule has 0 radical (unpaired) electrons. The topological polar surface area (TPSA) is 60.7 Å². The summed E-state index contributed by atoms with van der Waals surface area (Å²) in [5.41, 5.74) is 1.08. The standard InChI is InChI=1S/C30H46O3/c1-28-16-13-21(31)18-25(28)26(32)19-22-23-11-12-27(29(23,2)17-14-24(22)28)30(3,33)15-7-10-20-8-5-4-6-9-20/h4-6,8-9,21-27,31-33H,7,10-19H2,1-3H3/t21-,22-,23-,24-,25+,26-,27-,28+,29-,30-/m0/s1. The minimum atomic E-state index is -0.625. The number of aliphatic hydroxyl groups excluding tert-OH is 2. The van der Waals surface area contributed by atoms with Crippen molar-refractivity contribution in [2.45, 2.75) is 109 Å². The minimum Gasteiger partial charge on any atom is -0.393 e. The molecule has 3 N–H and O–H groups in total. The SMILES string of the molecule is C[C@]12CC[C@H](O)C[C@@H]1[C@@H](O)C[C@@H]1[C@@H]2CC[C@@]2(C)[C@H]1CC[C@@H]2[C@@](C)(O)CCCc1ccccc1. The molecule has 0 aliphatic heterocycles. The van der Waals surface area contributed by atoms with Gasteiger partial charge in [0, 0.05) is 0 Å². The van der Waals surface area contributed by atoms with Gasteiger partial charge in [-0.3, -0.25) is 0 Å². The first-order chi connectivity index (χ1) is 15.6. The molecule has 0 saturated heterocycles. The van der Waals surface area contributed by atoms with Crippen molar-refractivity contribution in [3.8, 4) is 0 Å². The Hall–Kier alpha value is -0.900. The number of hydrogen-bond acceptors (Lipinski definition) is 3. The summed E-state index contributed by atoms with van der Waals surface area (Å²) in [6.45, 7) is 7.01. The molecule has 3 nitrogen and oxygen atoms in total. The van der Waals surface area contributed by atoms with Gasteiger partial charge in [-0.15, -0.1) is 0 Å². The summed E-state index contributed by atoms with van der Waals surface area (Å²) in [5, 5.41) is 33.3. The number of fused-ring (bicyclic) bond motifs is 5. The summed E-state index contributed by atoms with van der Waals surface area (Å²) in [4.78, 5) is 0. The van der Waals surface area contributed by atoms with Crippen molar-refractivity contribution in [1.82, 2.24) is 0 Å². The normalized spacial score (nSPS) is 46.7. The lowest BCUT2D eigenvalue weighted by atomic mass is 9.43. The molecule has 0 heterocycles. The van der Waals surface area contributed by atoms with Crippen molar-refractivity contribution >= 4 is 0 Å². The van der Waals surface area contributed by atoms with E-state index in [1.165, 1.54) is 24.8 Å². The van der Waals surface area contributed by atoms with E-state index in [0.717, 1.165) is 51.4 Å². The van der Waals surface area contributed by atoms with E-state index in [-0.39, 0.29) is 29.0 Å². The van der Waals surface area contributed by atoms with Gasteiger partial charge in [0.15, 0.2) is 0 Å².